The van der Waals surface area contributed by atoms with Crippen molar-refractivity contribution in [1.82, 2.24) is 9.55 Å². The number of nitrogens with zero attached hydrogens (tertiary/aromatic N) is 2. The molecule has 9 heteroatoms. The van der Waals surface area contributed by atoms with Gasteiger partial charge in [-0.3, -0.25) is 14.2 Å². The number of hydrogen-bond acceptors (Lipinski definition) is 6. The Bertz CT molecular complexity index is 1350. The van der Waals surface area contributed by atoms with Gasteiger partial charge in [0, 0.05) is 5.56 Å². The highest BCUT2D eigenvalue weighted by molar-refractivity contribution is 7.99. The number of hydrogen-bond donors (Lipinski definition) is 1. The molecule has 0 saturated carbocycles. The summed E-state index contributed by atoms with van der Waals surface area (Å²) in [4.78, 5) is 30.4. The molecule has 0 unspecified atom stereocenters. The Labute approximate surface area is 198 Å². The Morgan fingerprint density at radius 1 is 1.25 bits per heavy atom. The van der Waals surface area contributed by atoms with Gasteiger partial charge in [-0.25, -0.2) is 4.98 Å². The predicted octanol–water partition coefficient (Wildman–Crippen LogP) is 5.21. The van der Waals surface area contributed by atoms with Gasteiger partial charge in [0.05, 0.1) is 35.6 Å². The van der Waals surface area contributed by atoms with Crippen LogP contribution in [0.4, 0.5) is 5.69 Å². The van der Waals surface area contributed by atoms with Crippen molar-refractivity contribution < 1.29 is 9.53 Å². The first-order valence-electron chi connectivity index (χ1n) is 9.75. The van der Waals surface area contributed by atoms with E-state index in [1.165, 1.54) is 23.1 Å². The Kier molecular flexibility index (Phi) is 6.83. The van der Waals surface area contributed by atoms with Crippen molar-refractivity contribution in [3.8, 4) is 5.75 Å². The maximum atomic E-state index is 13.2. The first-order valence-corrected chi connectivity index (χ1v) is 12.0. The van der Waals surface area contributed by atoms with Gasteiger partial charge in [-0.1, -0.05) is 47.6 Å². The number of methoxy groups -OCH3 is 1. The van der Waals surface area contributed by atoms with Gasteiger partial charge >= 0.3 is 0 Å². The molecule has 2 heterocycles. The maximum absolute atomic E-state index is 13.2. The Morgan fingerprint density at radius 3 is 2.84 bits per heavy atom. The molecule has 1 N–H and O–H groups in total. The van der Waals surface area contributed by atoms with Gasteiger partial charge < -0.3 is 10.1 Å². The van der Waals surface area contributed by atoms with Crippen LogP contribution < -0.4 is 15.6 Å². The number of thioether (sulfide) groups is 1. The minimum Gasteiger partial charge on any atom is -0.496 e. The van der Waals surface area contributed by atoms with Crippen molar-refractivity contribution in [2.75, 3.05) is 18.2 Å². The number of para-hydroxylation sites is 1. The molecule has 0 atom stereocenters. The molecule has 32 heavy (non-hydrogen) atoms. The van der Waals surface area contributed by atoms with Gasteiger partial charge in [-0.2, -0.15) is 0 Å². The number of benzene rings is 2. The number of aryl methyl sites for hydroxylation is 1. The van der Waals surface area contributed by atoms with Crippen LogP contribution in [0.15, 0.2) is 63.9 Å². The van der Waals surface area contributed by atoms with E-state index < -0.39 is 0 Å². The molecule has 6 nitrogen and oxygen atoms in total. The number of halogens is 1. The fourth-order valence-electron chi connectivity index (χ4n) is 3.21. The third kappa shape index (κ3) is 4.82. The standard InChI is InChI=1S/C23H20ClN3O3S2/c1-14-7-8-17(16(24)11-14)25-20(28)13-32-23-26-18-9-10-31-21(18)22(29)27(23)12-15-5-3-4-6-19(15)30-2/h3-11H,12-13H2,1-2H3,(H,25,28). The smallest absolute Gasteiger partial charge is 0.272 e. The minimum absolute atomic E-state index is 0.0816. The summed E-state index contributed by atoms with van der Waals surface area (Å²) in [5.74, 6) is 0.538. The zero-order chi connectivity index (χ0) is 22.7. The molecule has 0 spiro atoms. The molecule has 4 rings (SSSR count). The van der Waals surface area contributed by atoms with Crippen molar-refractivity contribution >= 4 is 56.5 Å². The molecule has 164 valence electrons. The average Bonchev–Trinajstić information content (AvgIpc) is 3.25. The van der Waals surface area contributed by atoms with E-state index in [0.29, 0.717) is 31.8 Å². The largest absolute Gasteiger partial charge is 0.496 e. The summed E-state index contributed by atoms with van der Waals surface area (Å²) in [7, 11) is 1.60. The number of fused-ring (bicyclic) bond motifs is 1. The highest BCUT2D eigenvalue weighted by atomic mass is 35.5. The fourth-order valence-corrected chi connectivity index (χ4v) is 5.07. The molecule has 4 aromatic rings. The number of aromatic nitrogens is 2. The lowest BCUT2D eigenvalue weighted by Gasteiger charge is -2.14. The number of carbonyl (C=O) groups is 1. The van der Waals surface area contributed by atoms with E-state index in [0.717, 1.165) is 11.1 Å². The predicted molar refractivity (Wildman–Crippen MR) is 132 cm³/mol. The number of rotatable bonds is 7. The molecule has 0 radical (unpaired) electrons. The summed E-state index contributed by atoms with van der Waals surface area (Å²) >= 11 is 8.78. The normalized spacial score (nSPS) is 11.0. The average molecular weight is 486 g/mol. The van der Waals surface area contributed by atoms with E-state index in [-0.39, 0.29) is 23.8 Å². The lowest BCUT2D eigenvalue weighted by atomic mass is 10.2. The zero-order valence-corrected chi connectivity index (χ0v) is 19.8. The van der Waals surface area contributed by atoms with Crippen molar-refractivity contribution in [2.24, 2.45) is 0 Å². The van der Waals surface area contributed by atoms with Crippen LogP contribution in [0, 0.1) is 6.92 Å². The van der Waals surface area contributed by atoms with Crippen LogP contribution in [0.5, 0.6) is 5.75 Å². The summed E-state index contributed by atoms with van der Waals surface area (Å²) < 4.78 is 7.61. The fraction of sp³-hybridized carbons (Fsp3) is 0.174. The van der Waals surface area contributed by atoms with Crippen molar-refractivity contribution in [2.45, 2.75) is 18.6 Å². The summed E-state index contributed by atoms with van der Waals surface area (Å²) in [6, 6.07) is 14.8. The topological polar surface area (TPSA) is 73.2 Å². The first kappa shape index (κ1) is 22.4. The van der Waals surface area contributed by atoms with Gasteiger partial charge in [0.1, 0.15) is 10.4 Å². The minimum atomic E-state index is -0.232. The van der Waals surface area contributed by atoms with Gasteiger partial charge in [0.2, 0.25) is 5.91 Å². The molecule has 0 aliphatic heterocycles. The highest BCUT2D eigenvalue weighted by Crippen LogP contribution is 2.26. The Balaban J connectivity index is 1.60. The molecule has 2 aromatic carbocycles. The van der Waals surface area contributed by atoms with Gasteiger partial charge in [-0.05, 0) is 42.1 Å². The van der Waals surface area contributed by atoms with Gasteiger partial charge in [0.25, 0.3) is 5.56 Å². The van der Waals surface area contributed by atoms with E-state index in [1.54, 1.807) is 23.8 Å². The number of carbonyl (C=O) groups excluding carboxylic acids is 1. The number of ether oxygens (including phenoxy) is 1. The van der Waals surface area contributed by atoms with E-state index in [9.17, 15) is 9.59 Å². The SMILES string of the molecule is COc1ccccc1Cn1c(SCC(=O)Nc2ccc(C)cc2Cl)nc2ccsc2c1=O. The van der Waals surface area contributed by atoms with E-state index in [2.05, 4.69) is 10.3 Å². The van der Waals surface area contributed by atoms with Crippen molar-refractivity contribution in [1.29, 1.82) is 0 Å². The summed E-state index contributed by atoms with van der Waals surface area (Å²) in [5, 5.41) is 5.61. The van der Waals surface area contributed by atoms with Crippen LogP contribution in [0.3, 0.4) is 0 Å². The molecule has 2 aromatic heterocycles. The zero-order valence-electron chi connectivity index (χ0n) is 17.4. The second-order valence-corrected chi connectivity index (χ2v) is 9.32. The second-order valence-electron chi connectivity index (χ2n) is 7.05. The monoisotopic (exact) mass is 485 g/mol. The first-order chi connectivity index (χ1) is 15.5. The second kappa shape index (κ2) is 9.77. The third-order valence-corrected chi connectivity index (χ3v) is 6.96. The lowest BCUT2D eigenvalue weighted by Crippen LogP contribution is -2.24. The van der Waals surface area contributed by atoms with Crippen LogP contribution in [0.2, 0.25) is 5.02 Å². The molecular formula is C23H20ClN3O3S2. The van der Waals surface area contributed by atoms with Crippen LogP contribution in [0.25, 0.3) is 10.2 Å². The lowest BCUT2D eigenvalue weighted by molar-refractivity contribution is -0.113. The summed E-state index contributed by atoms with van der Waals surface area (Å²) in [6.45, 7) is 2.22. The Hall–Kier alpha value is -2.81. The number of amides is 1. The quantitative estimate of drug-likeness (QED) is 0.287. The third-order valence-electron chi connectivity index (χ3n) is 4.78. The molecule has 0 aliphatic rings. The molecule has 0 aliphatic carbocycles. The van der Waals surface area contributed by atoms with Crippen LogP contribution >= 0.6 is 34.7 Å². The summed E-state index contributed by atoms with van der Waals surface area (Å²) in [5.41, 5.74) is 2.90. The van der Waals surface area contributed by atoms with Gasteiger partial charge in [0.15, 0.2) is 5.16 Å². The van der Waals surface area contributed by atoms with E-state index in [4.69, 9.17) is 16.3 Å². The molecule has 1 amide bonds. The van der Waals surface area contributed by atoms with Crippen molar-refractivity contribution in [3.63, 3.8) is 0 Å². The van der Waals surface area contributed by atoms with Crippen LogP contribution in [-0.2, 0) is 11.3 Å². The Morgan fingerprint density at radius 2 is 2.06 bits per heavy atom. The summed E-state index contributed by atoms with van der Waals surface area (Å²) in [6.07, 6.45) is 0. The highest BCUT2D eigenvalue weighted by Gasteiger charge is 2.16. The number of anilines is 1. The number of nitrogens with one attached hydrogen (secondary N) is 1. The van der Waals surface area contributed by atoms with E-state index in [1.807, 2.05) is 48.7 Å². The van der Waals surface area contributed by atoms with Crippen LogP contribution in [-0.4, -0.2) is 28.3 Å². The van der Waals surface area contributed by atoms with Gasteiger partial charge in [-0.15, -0.1) is 11.3 Å². The van der Waals surface area contributed by atoms with E-state index >= 15 is 0 Å². The number of thiophene rings is 1. The maximum Gasteiger partial charge on any atom is 0.272 e. The molecule has 0 fully saturated rings. The molecular weight excluding hydrogens is 466 g/mol. The molecule has 0 saturated heterocycles. The van der Waals surface area contributed by atoms with Crippen LogP contribution in [0.1, 0.15) is 11.1 Å². The molecule has 0 bridgehead atoms. The van der Waals surface area contributed by atoms with Crippen molar-refractivity contribution in [3.05, 3.63) is 80.4 Å².